The van der Waals surface area contributed by atoms with Gasteiger partial charge in [0.1, 0.15) is 6.29 Å². The molecule has 2 heteroatoms. The third-order valence-corrected chi connectivity index (χ3v) is 10.4. The standard InChI is InChI=1S/C29H48O2.C2H6/c1-21(2)8-5-6-9-22-11-13-26-25-12-10-23-20-24(31-19-7-18-30)14-16-29(23,4)27(25)15-17-28(22,26)3;1-2/h10,18,21-22,24-27H,5-9,11-17,19-20H2,1-4H3;1-2H3. The fourth-order valence-corrected chi connectivity index (χ4v) is 8.58. The lowest BCUT2D eigenvalue weighted by atomic mass is 9.47. The highest BCUT2D eigenvalue weighted by Crippen LogP contribution is 2.66. The average molecular weight is 459 g/mol. The maximum absolute atomic E-state index is 10.6. The Morgan fingerprint density at radius 1 is 1.06 bits per heavy atom. The molecular formula is C31H54O2. The Hall–Kier alpha value is -0.630. The summed E-state index contributed by atoms with van der Waals surface area (Å²) >= 11 is 0. The van der Waals surface area contributed by atoms with Crippen LogP contribution >= 0.6 is 0 Å². The molecule has 0 aliphatic heterocycles. The summed E-state index contributed by atoms with van der Waals surface area (Å²) in [5, 5.41) is 0. The van der Waals surface area contributed by atoms with Crippen molar-refractivity contribution in [3.8, 4) is 0 Å². The number of hydrogen-bond acceptors (Lipinski definition) is 2. The van der Waals surface area contributed by atoms with Crippen LogP contribution in [0.3, 0.4) is 0 Å². The molecule has 0 saturated heterocycles. The second-order valence-electron chi connectivity index (χ2n) is 12.4. The lowest BCUT2D eigenvalue weighted by Gasteiger charge is -2.58. The topological polar surface area (TPSA) is 26.3 Å². The van der Waals surface area contributed by atoms with E-state index in [1.54, 1.807) is 5.57 Å². The van der Waals surface area contributed by atoms with Crippen LogP contribution in [-0.4, -0.2) is 19.0 Å². The molecule has 0 amide bonds. The second-order valence-corrected chi connectivity index (χ2v) is 12.4. The average Bonchev–Trinajstić information content (AvgIpc) is 3.14. The predicted molar refractivity (Wildman–Crippen MR) is 140 cm³/mol. The number of allylic oxidation sites excluding steroid dienone is 1. The quantitative estimate of drug-likeness (QED) is 0.196. The molecule has 3 saturated carbocycles. The number of carbonyl (C=O) groups is 1. The van der Waals surface area contributed by atoms with Gasteiger partial charge in [0.05, 0.1) is 12.7 Å². The van der Waals surface area contributed by atoms with Crippen molar-refractivity contribution < 1.29 is 9.53 Å². The first kappa shape index (κ1) is 27.0. The lowest BCUT2D eigenvalue weighted by Crippen LogP contribution is -2.50. The fourth-order valence-electron chi connectivity index (χ4n) is 8.58. The molecule has 4 rings (SSSR count). The monoisotopic (exact) mass is 458 g/mol. The molecule has 0 aromatic carbocycles. The summed E-state index contributed by atoms with van der Waals surface area (Å²) < 4.78 is 6.04. The van der Waals surface area contributed by atoms with Crippen molar-refractivity contribution >= 4 is 6.29 Å². The van der Waals surface area contributed by atoms with Gasteiger partial charge >= 0.3 is 0 Å². The highest BCUT2D eigenvalue weighted by molar-refractivity contribution is 5.49. The van der Waals surface area contributed by atoms with Gasteiger partial charge in [-0.05, 0) is 98.2 Å². The molecule has 0 N–H and O–H groups in total. The van der Waals surface area contributed by atoms with E-state index in [4.69, 9.17) is 4.74 Å². The van der Waals surface area contributed by atoms with Crippen LogP contribution in [0.2, 0.25) is 0 Å². The summed E-state index contributed by atoms with van der Waals surface area (Å²) in [6, 6.07) is 0. The van der Waals surface area contributed by atoms with Gasteiger partial charge in [0.2, 0.25) is 0 Å². The summed E-state index contributed by atoms with van der Waals surface area (Å²) in [4.78, 5) is 10.6. The number of hydrogen-bond donors (Lipinski definition) is 0. The molecule has 190 valence electrons. The van der Waals surface area contributed by atoms with Crippen LogP contribution in [0, 0.1) is 40.4 Å². The number of ether oxygens (including phenoxy) is 1. The first-order valence-corrected chi connectivity index (χ1v) is 14.6. The van der Waals surface area contributed by atoms with Gasteiger partial charge in [-0.25, -0.2) is 0 Å². The zero-order valence-electron chi connectivity index (χ0n) is 22.8. The Morgan fingerprint density at radius 3 is 2.58 bits per heavy atom. The summed E-state index contributed by atoms with van der Waals surface area (Å²) in [6.07, 6.45) is 21.1. The van der Waals surface area contributed by atoms with Gasteiger partial charge in [0.25, 0.3) is 0 Å². The summed E-state index contributed by atoms with van der Waals surface area (Å²) in [6.45, 7) is 14.6. The normalized spacial score (nSPS) is 39.6. The predicted octanol–water partition coefficient (Wildman–Crippen LogP) is 8.78. The molecule has 0 heterocycles. The van der Waals surface area contributed by atoms with Crippen molar-refractivity contribution in [2.24, 2.45) is 40.4 Å². The van der Waals surface area contributed by atoms with Crippen molar-refractivity contribution in [3.05, 3.63) is 11.6 Å². The minimum Gasteiger partial charge on any atom is -0.377 e. The van der Waals surface area contributed by atoms with E-state index >= 15 is 0 Å². The van der Waals surface area contributed by atoms with Crippen LogP contribution in [0.4, 0.5) is 0 Å². The molecule has 0 radical (unpaired) electrons. The van der Waals surface area contributed by atoms with Gasteiger partial charge in [0.15, 0.2) is 0 Å². The molecule has 3 fully saturated rings. The van der Waals surface area contributed by atoms with Crippen molar-refractivity contribution in [1.82, 2.24) is 0 Å². The molecule has 0 aromatic heterocycles. The van der Waals surface area contributed by atoms with Crippen LogP contribution in [0.15, 0.2) is 11.6 Å². The molecule has 2 nitrogen and oxygen atoms in total. The molecule has 4 aliphatic rings. The summed E-state index contributed by atoms with van der Waals surface area (Å²) in [7, 11) is 0. The Morgan fingerprint density at radius 2 is 1.85 bits per heavy atom. The molecular weight excluding hydrogens is 404 g/mol. The van der Waals surface area contributed by atoms with E-state index in [0.717, 1.165) is 42.3 Å². The Balaban J connectivity index is 0.00000149. The van der Waals surface area contributed by atoms with Gasteiger partial charge in [-0.2, -0.15) is 0 Å². The smallest absolute Gasteiger partial charge is 0.122 e. The maximum atomic E-state index is 10.6. The number of aldehydes is 1. The van der Waals surface area contributed by atoms with E-state index < -0.39 is 0 Å². The summed E-state index contributed by atoms with van der Waals surface area (Å²) in [5.74, 6) is 4.60. The Labute approximate surface area is 205 Å². The minimum atomic E-state index is 0.339. The van der Waals surface area contributed by atoms with Crippen molar-refractivity contribution in [2.45, 2.75) is 131 Å². The van der Waals surface area contributed by atoms with E-state index in [0.29, 0.717) is 30.0 Å². The minimum absolute atomic E-state index is 0.339. The Kier molecular flexibility index (Phi) is 9.70. The number of unbranched alkanes of at least 4 members (excludes halogenated alkanes) is 1. The molecule has 33 heavy (non-hydrogen) atoms. The van der Waals surface area contributed by atoms with Crippen molar-refractivity contribution in [2.75, 3.05) is 6.61 Å². The largest absolute Gasteiger partial charge is 0.377 e. The maximum Gasteiger partial charge on any atom is 0.122 e. The number of carbonyl (C=O) groups excluding carboxylic acids is 1. The molecule has 0 spiro atoms. The van der Waals surface area contributed by atoms with Crippen molar-refractivity contribution in [3.63, 3.8) is 0 Å². The highest BCUT2D eigenvalue weighted by atomic mass is 16.5. The molecule has 7 atom stereocenters. The van der Waals surface area contributed by atoms with Gasteiger partial charge in [-0.3, -0.25) is 0 Å². The van der Waals surface area contributed by atoms with Gasteiger partial charge < -0.3 is 9.53 Å². The zero-order chi connectivity index (χ0) is 24.1. The summed E-state index contributed by atoms with van der Waals surface area (Å²) in [5.41, 5.74) is 2.71. The van der Waals surface area contributed by atoms with E-state index in [9.17, 15) is 4.79 Å². The Bertz CT molecular complexity index is 651. The van der Waals surface area contributed by atoms with E-state index in [1.165, 1.54) is 70.6 Å². The van der Waals surface area contributed by atoms with Crippen LogP contribution in [0.5, 0.6) is 0 Å². The third kappa shape index (κ3) is 5.62. The molecule has 4 aliphatic carbocycles. The first-order valence-electron chi connectivity index (χ1n) is 14.6. The second kappa shape index (κ2) is 11.9. The van der Waals surface area contributed by atoms with Gasteiger partial charge in [-0.1, -0.05) is 72.5 Å². The van der Waals surface area contributed by atoms with E-state index in [2.05, 4.69) is 33.8 Å². The zero-order valence-corrected chi connectivity index (χ0v) is 22.8. The van der Waals surface area contributed by atoms with E-state index in [1.807, 2.05) is 13.8 Å². The fraction of sp³-hybridized carbons (Fsp3) is 0.903. The van der Waals surface area contributed by atoms with Crippen LogP contribution in [-0.2, 0) is 9.53 Å². The van der Waals surface area contributed by atoms with Crippen molar-refractivity contribution in [1.29, 1.82) is 0 Å². The first-order chi connectivity index (χ1) is 15.9. The van der Waals surface area contributed by atoms with Crippen LogP contribution in [0.1, 0.15) is 125 Å². The van der Waals surface area contributed by atoms with Crippen LogP contribution < -0.4 is 0 Å². The van der Waals surface area contributed by atoms with E-state index in [-0.39, 0.29) is 0 Å². The lowest BCUT2D eigenvalue weighted by molar-refractivity contribution is -0.109. The molecule has 7 unspecified atom stereocenters. The van der Waals surface area contributed by atoms with Gasteiger partial charge in [-0.15, -0.1) is 0 Å². The third-order valence-electron chi connectivity index (χ3n) is 10.4. The molecule has 0 aromatic rings. The number of fused-ring (bicyclic) bond motifs is 5. The number of rotatable bonds is 9. The van der Waals surface area contributed by atoms with Crippen LogP contribution in [0.25, 0.3) is 0 Å². The SMILES string of the molecule is CC.CC(C)CCCCC1CCC2C3CC=C4CC(OCCC=O)CCC4(C)C3CCC12C. The highest BCUT2D eigenvalue weighted by Gasteiger charge is 2.58. The molecule has 0 bridgehead atoms. The van der Waals surface area contributed by atoms with Gasteiger partial charge in [0, 0.05) is 6.42 Å².